The number of fused-ring (bicyclic) bond motifs is 1. The quantitative estimate of drug-likeness (QED) is 0.0940. The molecule has 1 aromatic carbocycles. The van der Waals surface area contributed by atoms with Gasteiger partial charge in [-0.3, -0.25) is 45.1 Å². The summed E-state index contributed by atoms with van der Waals surface area (Å²) in [5, 5.41) is 24.1. The zero-order valence-corrected chi connectivity index (χ0v) is 70.7. The van der Waals surface area contributed by atoms with E-state index in [0.29, 0.717) is 65.1 Å². The highest BCUT2D eigenvalue weighted by molar-refractivity contribution is 5.73. The predicted molar refractivity (Wildman–Crippen MR) is 451 cm³/mol. The van der Waals surface area contributed by atoms with Gasteiger partial charge in [-0.15, -0.1) is 0 Å². The van der Waals surface area contributed by atoms with Crippen molar-refractivity contribution in [3.8, 4) is 0 Å². The van der Waals surface area contributed by atoms with Crippen LogP contribution in [0.1, 0.15) is 307 Å². The fourth-order valence-corrected chi connectivity index (χ4v) is 9.40. The van der Waals surface area contributed by atoms with Crippen molar-refractivity contribution < 1.29 is 9.94 Å². The molecule has 0 saturated carbocycles. The number of benzene rings is 1. The van der Waals surface area contributed by atoms with Gasteiger partial charge in [-0.1, -0.05) is 195 Å². The van der Waals surface area contributed by atoms with Crippen molar-refractivity contribution in [1.29, 1.82) is 0 Å². The van der Waals surface area contributed by atoms with Crippen LogP contribution in [0.2, 0.25) is 0 Å². The van der Waals surface area contributed by atoms with E-state index in [1.807, 2.05) is 130 Å². The molecular weight excluding hydrogens is 1350 g/mol. The maximum Gasteiger partial charge on any atom is 0.225 e. The maximum absolute atomic E-state index is 8.98. The smallest absolute Gasteiger partial charge is 0.225 e. The zero-order chi connectivity index (χ0) is 81.4. The summed E-state index contributed by atoms with van der Waals surface area (Å²) in [5.74, 6) is 5.93. The molecule has 0 fully saturated rings. The molecule has 11 aromatic heterocycles. The first-order valence-corrected chi connectivity index (χ1v) is 38.3. The van der Waals surface area contributed by atoms with E-state index in [9.17, 15) is 0 Å². The number of aromatic nitrogens is 16. The average Bonchev–Trinajstić information content (AvgIpc) is 0.838. The number of rotatable bonds is 11. The third-order valence-electron chi connectivity index (χ3n) is 16.5. The molecule has 0 aliphatic heterocycles. The summed E-state index contributed by atoms with van der Waals surface area (Å²) in [7, 11) is 0. The van der Waals surface area contributed by atoms with Gasteiger partial charge in [0.25, 0.3) is 0 Å². The molecule has 0 radical (unpaired) electrons. The number of hydrogen-bond acceptors (Lipinski definition) is 16. The highest BCUT2D eigenvalue weighted by Crippen LogP contribution is 2.20. The number of aryl methyl sites for hydroxylation is 5. The van der Waals surface area contributed by atoms with Gasteiger partial charge in [0.1, 0.15) is 6.33 Å². The first-order valence-electron chi connectivity index (χ1n) is 38.3. The Hall–Kier alpha value is -10.4. The minimum atomic E-state index is 0.442. The van der Waals surface area contributed by atoms with Crippen molar-refractivity contribution in [2.24, 2.45) is 0 Å². The van der Waals surface area contributed by atoms with Gasteiger partial charge in [0.15, 0.2) is 0 Å². The van der Waals surface area contributed by atoms with Gasteiger partial charge < -0.3 is 0 Å². The lowest BCUT2D eigenvalue weighted by Crippen LogP contribution is -2.28. The van der Waals surface area contributed by atoms with Gasteiger partial charge in [0, 0.05) is 126 Å². The van der Waals surface area contributed by atoms with Crippen LogP contribution in [0.4, 0.5) is 0 Å². The van der Waals surface area contributed by atoms with Crippen LogP contribution < -0.4 is 4.73 Å². The summed E-state index contributed by atoms with van der Waals surface area (Å²) in [6.45, 7) is 57.4. The Morgan fingerprint density at radius 3 is 1.25 bits per heavy atom. The summed E-state index contributed by atoms with van der Waals surface area (Å²) in [6, 6.07) is 36.4. The molecule has 109 heavy (non-hydrogen) atoms. The van der Waals surface area contributed by atoms with E-state index in [2.05, 4.69) is 291 Å². The van der Waals surface area contributed by atoms with E-state index in [1.54, 1.807) is 62.1 Å². The van der Waals surface area contributed by atoms with Gasteiger partial charge in [-0.2, -0.15) is 20.4 Å². The van der Waals surface area contributed by atoms with Crippen molar-refractivity contribution in [2.75, 3.05) is 0 Å². The molecule has 1 N–H and O–H groups in total. The van der Waals surface area contributed by atoms with E-state index >= 15 is 0 Å². The molecule has 12 rings (SSSR count). The summed E-state index contributed by atoms with van der Waals surface area (Å²) in [4.78, 5) is 45.6. The second kappa shape index (κ2) is 53.4. The third kappa shape index (κ3) is 40.9. The fourth-order valence-electron chi connectivity index (χ4n) is 9.40. The van der Waals surface area contributed by atoms with Crippen molar-refractivity contribution in [3.05, 3.63) is 311 Å². The molecule has 0 aliphatic carbocycles. The molecule has 0 amide bonds. The third-order valence-corrected chi connectivity index (χ3v) is 16.5. The Labute approximate surface area is 655 Å². The minimum absolute atomic E-state index is 0.442. The standard InChI is InChI=1S/C11H12N2.C10H15N.3C9H13N.C8H12NO.C8H11N.4C7H10N2/c1-8(2)11-7-12-9-5-3-4-6-10(9)13-11;1-7(2)10-6-5-8(3)11-9(10)4;1-7(2)9-4-8(3)5-10-6-9;1-7(2)9-5-4-8(3)10-6-9;1-7(2)9-5-4-6-10-8(9)3;1-7(2)8-4-3-5-9(10)6-8;1-7(2)8-4-3-5-9-6-8;1-6(2)7-3-8-5-9-4-7;1-6(2)7-5-8-3-4-9-7;1-6(2)7-3-4-8-9-5-7;1-6(2)7-4-3-5-8-9-7/h3-8H,1-2H3;5-7H,1-4H3;3*4-7H,1-3H3;3-7,10H,1-2H3;3-7H,1-2H3;4*3-6H,1-2H3/q;;;;;+1;;;;;. The molecule has 582 valence electrons. The molecule has 0 spiro atoms. The highest BCUT2D eigenvalue weighted by atomic mass is 16.5. The number of hydrogen-bond donors (Lipinski definition) is 1. The molecule has 11 heterocycles. The number of pyridine rings is 6. The Morgan fingerprint density at radius 1 is 0.294 bits per heavy atom. The van der Waals surface area contributed by atoms with Gasteiger partial charge in [-0.25, -0.2) is 15.0 Å². The first kappa shape index (κ1) is 94.7. The topological polar surface area (TPSA) is 217 Å². The lowest BCUT2D eigenvalue weighted by molar-refractivity contribution is -0.905. The van der Waals surface area contributed by atoms with E-state index in [0.717, 1.165) is 55.5 Å². The van der Waals surface area contributed by atoms with Crippen LogP contribution in [0, 0.1) is 34.6 Å². The lowest BCUT2D eigenvalue weighted by atomic mass is 10.0. The first-order chi connectivity index (χ1) is 51.7. The fraction of sp³-hybridized carbons (Fsp3) is 0.413. The minimum Gasteiger partial charge on any atom is -0.285 e. The summed E-state index contributed by atoms with van der Waals surface area (Å²) in [5.41, 5.74) is 21.1. The number of nitrogens with zero attached hydrogens (tertiary/aromatic N) is 16. The van der Waals surface area contributed by atoms with Crippen LogP contribution in [0.5, 0.6) is 0 Å². The Balaban J connectivity index is 0.000000408. The average molecular weight is 1480 g/mol. The normalized spacial score (nSPS) is 10.4. The van der Waals surface area contributed by atoms with Crippen molar-refractivity contribution in [2.45, 2.75) is 252 Å². The van der Waals surface area contributed by atoms with Crippen LogP contribution in [0.25, 0.3) is 11.0 Å². The van der Waals surface area contributed by atoms with Gasteiger partial charge in [0.2, 0.25) is 12.4 Å². The molecule has 17 heteroatoms. The van der Waals surface area contributed by atoms with Crippen molar-refractivity contribution in [1.82, 2.24) is 75.2 Å². The van der Waals surface area contributed by atoms with E-state index in [1.165, 1.54) is 50.2 Å². The van der Waals surface area contributed by atoms with Crippen LogP contribution >= 0.6 is 0 Å². The summed E-state index contributed by atoms with van der Waals surface area (Å²) < 4.78 is 1.08. The van der Waals surface area contributed by atoms with Crippen LogP contribution in [0.3, 0.4) is 0 Å². The Bertz CT molecular complexity index is 3970. The lowest BCUT2D eigenvalue weighted by Gasteiger charge is -2.08. The van der Waals surface area contributed by atoms with Crippen molar-refractivity contribution >= 4 is 11.0 Å². The second-order valence-corrected chi connectivity index (χ2v) is 29.7. The SMILES string of the molecule is CC(C)c1ccc[n+](O)c1.CC(C)c1cccnc1.CC(C)c1cccnn1.CC(C)c1ccnnc1.CC(C)c1cnc2ccccc2n1.CC(C)c1cnccn1.CC(C)c1cncnc1.Cc1ccc(C(C)C)c(C)n1.Cc1ccc(C(C)C)cn1.Cc1cncc(C(C)C)c1.Cc1ncccc1C(C)C. The molecule has 17 nitrogen and oxygen atoms in total. The highest BCUT2D eigenvalue weighted by Gasteiger charge is 2.08. The van der Waals surface area contributed by atoms with Gasteiger partial charge >= 0.3 is 0 Å². The zero-order valence-electron chi connectivity index (χ0n) is 70.7. The van der Waals surface area contributed by atoms with E-state index in [-0.39, 0.29) is 0 Å². The summed E-state index contributed by atoms with van der Waals surface area (Å²) in [6.07, 6.45) is 32.1. The Morgan fingerprint density at radius 2 is 0.835 bits per heavy atom. The molecule has 12 aromatic rings. The van der Waals surface area contributed by atoms with Crippen LogP contribution in [-0.2, 0) is 0 Å². The summed E-state index contributed by atoms with van der Waals surface area (Å²) >= 11 is 0. The molecule has 0 aliphatic rings. The second-order valence-electron chi connectivity index (χ2n) is 29.7. The molecular formula is C92H129N16O+. The Kier molecular flexibility index (Phi) is 46.4. The predicted octanol–water partition coefficient (Wildman–Crippen LogP) is 23.1. The van der Waals surface area contributed by atoms with E-state index < -0.39 is 0 Å². The monoisotopic (exact) mass is 1470 g/mol. The maximum atomic E-state index is 8.98. The van der Waals surface area contributed by atoms with Crippen LogP contribution in [-0.4, -0.2) is 80.4 Å². The molecule has 0 saturated heterocycles. The van der Waals surface area contributed by atoms with Gasteiger partial charge in [0.05, 0.1) is 34.3 Å². The van der Waals surface area contributed by atoms with Gasteiger partial charge in [-0.05, 0) is 205 Å². The van der Waals surface area contributed by atoms with Crippen molar-refractivity contribution in [3.63, 3.8) is 0 Å². The number of para-hydroxylation sites is 2. The molecule has 0 bridgehead atoms. The molecule has 0 unspecified atom stereocenters. The van der Waals surface area contributed by atoms with E-state index in [4.69, 9.17) is 5.21 Å². The van der Waals surface area contributed by atoms with Crippen LogP contribution in [0.15, 0.2) is 221 Å². The largest absolute Gasteiger partial charge is 0.285 e. The molecule has 0 atom stereocenters.